The molecule has 0 amide bonds. The Balaban J connectivity index is 1.69. The SMILES string of the molecule is COc1ccc2c(c1OC)O[C@@H]1COc3cc4c(cc3[C@@]1(O)C2=O)OCO4. The van der Waals surface area contributed by atoms with Crippen molar-refractivity contribution in [2.45, 2.75) is 11.7 Å². The van der Waals surface area contributed by atoms with Gasteiger partial charge < -0.3 is 33.5 Å². The van der Waals surface area contributed by atoms with Crippen LogP contribution in [-0.2, 0) is 5.60 Å². The van der Waals surface area contributed by atoms with Gasteiger partial charge in [-0.2, -0.15) is 0 Å². The van der Waals surface area contributed by atoms with E-state index in [1.165, 1.54) is 14.2 Å². The summed E-state index contributed by atoms with van der Waals surface area (Å²) in [4.78, 5) is 13.3. The predicted molar refractivity (Wildman–Crippen MR) is 90.2 cm³/mol. The van der Waals surface area contributed by atoms with E-state index in [2.05, 4.69) is 0 Å². The maximum absolute atomic E-state index is 13.3. The Morgan fingerprint density at radius 2 is 1.85 bits per heavy atom. The number of rotatable bonds is 2. The molecule has 0 spiro atoms. The minimum atomic E-state index is -1.92. The number of hydrogen-bond acceptors (Lipinski definition) is 8. The Morgan fingerprint density at radius 3 is 2.59 bits per heavy atom. The fraction of sp³-hybridized carbons (Fsp3) is 0.316. The molecule has 140 valence electrons. The molecule has 0 bridgehead atoms. The third-order valence-corrected chi connectivity index (χ3v) is 5.09. The molecule has 3 aliphatic rings. The van der Waals surface area contributed by atoms with Crippen LogP contribution < -0.4 is 28.4 Å². The van der Waals surface area contributed by atoms with Crippen molar-refractivity contribution in [3.8, 4) is 34.5 Å². The number of Topliss-reactive ketones (excluding diaryl/α,β-unsaturated/α-hetero) is 1. The molecule has 8 nitrogen and oxygen atoms in total. The Labute approximate surface area is 154 Å². The molecule has 0 radical (unpaired) electrons. The first-order valence-electron chi connectivity index (χ1n) is 8.33. The summed E-state index contributed by atoms with van der Waals surface area (Å²) in [6, 6.07) is 6.33. The quantitative estimate of drug-likeness (QED) is 0.851. The van der Waals surface area contributed by atoms with E-state index in [4.69, 9.17) is 28.4 Å². The summed E-state index contributed by atoms with van der Waals surface area (Å²) in [7, 11) is 2.95. The average molecular weight is 372 g/mol. The Hall–Kier alpha value is -3.13. The number of fused-ring (bicyclic) bond motifs is 5. The molecule has 3 heterocycles. The first-order valence-corrected chi connectivity index (χ1v) is 8.33. The summed E-state index contributed by atoms with van der Waals surface area (Å²) >= 11 is 0. The molecule has 0 aromatic heterocycles. The molecule has 8 heteroatoms. The zero-order valence-electron chi connectivity index (χ0n) is 14.6. The van der Waals surface area contributed by atoms with Gasteiger partial charge >= 0.3 is 0 Å². The lowest BCUT2D eigenvalue weighted by molar-refractivity contribution is -0.0806. The van der Waals surface area contributed by atoms with Gasteiger partial charge in [-0.25, -0.2) is 0 Å². The normalized spacial score (nSPS) is 24.1. The molecule has 3 aliphatic heterocycles. The summed E-state index contributed by atoms with van der Waals surface area (Å²) in [6.45, 7) is 0.0546. The molecule has 0 saturated heterocycles. The van der Waals surface area contributed by atoms with Crippen molar-refractivity contribution >= 4 is 5.78 Å². The third kappa shape index (κ3) is 1.98. The van der Waals surface area contributed by atoms with Gasteiger partial charge in [-0.3, -0.25) is 4.79 Å². The Kier molecular flexibility index (Phi) is 3.23. The molecule has 2 aromatic carbocycles. The van der Waals surface area contributed by atoms with Gasteiger partial charge in [-0.05, 0) is 18.2 Å². The van der Waals surface area contributed by atoms with Crippen molar-refractivity contribution in [2.75, 3.05) is 27.6 Å². The van der Waals surface area contributed by atoms with Crippen molar-refractivity contribution < 1.29 is 38.3 Å². The predicted octanol–water partition coefficient (Wildman–Crippen LogP) is 1.66. The van der Waals surface area contributed by atoms with Crippen LogP contribution in [0.3, 0.4) is 0 Å². The zero-order chi connectivity index (χ0) is 18.8. The lowest BCUT2D eigenvalue weighted by Gasteiger charge is -2.43. The second-order valence-corrected chi connectivity index (χ2v) is 6.39. The van der Waals surface area contributed by atoms with Crippen LogP contribution in [-0.4, -0.2) is 44.6 Å². The van der Waals surface area contributed by atoms with Crippen molar-refractivity contribution in [3.05, 3.63) is 35.4 Å². The minimum absolute atomic E-state index is 0.0192. The lowest BCUT2D eigenvalue weighted by atomic mass is 9.77. The molecule has 0 aliphatic carbocycles. The maximum atomic E-state index is 13.3. The fourth-order valence-electron chi connectivity index (χ4n) is 3.73. The number of methoxy groups -OCH3 is 2. The summed E-state index contributed by atoms with van der Waals surface area (Å²) in [6.07, 6.45) is -0.952. The zero-order valence-corrected chi connectivity index (χ0v) is 14.6. The number of hydrogen-bond donors (Lipinski definition) is 1. The molecule has 1 N–H and O–H groups in total. The highest BCUT2D eigenvalue weighted by atomic mass is 16.7. The molecule has 2 atom stereocenters. The monoisotopic (exact) mass is 372 g/mol. The molecule has 0 unspecified atom stereocenters. The van der Waals surface area contributed by atoms with E-state index in [1.54, 1.807) is 24.3 Å². The van der Waals surface area contributed by atoms with Crippen molar-refractivity contribution in [3.63, 3.8) is 0 Å². The van der Waals surface area contributed by atoms with Gasteiger partial charge in [0.25, 0.3) is 0 Å². The van der Waals surface area contributed by atoms with Crippen LogP contribution in [0.25, 0.3) is 0 Å². The topological polar surface area (TPSA) is 92.7 Å². The van der Waals surface area contributed by atoms with Crippen molar-refractivity contribution in [1.82, 2.24) is 0 Å². The van der Waals surface area contributed by atoms with E-state index in [1.807, 2.05) is 0 Å². The van der Waals surface area contributed by atoms with Gasteiger partial charge in [-0.1, -0.05) is 0 Å². The van der Waals surface area contributed by atoms with E-state index < -0.39 is 17.5 Å². The van der Waals surface area contributed by atoms with Crippen LogP contribution in [0.2, 0.25) is 0 Å². The number of ether oxygens (including phenoxy) is 6. The number of ketones is 1. The number of carbonyl (C=O) groups is 1. The van der Waals surface area contributed by atoms with E-state index in [0.29, 0.717) is 28.7 Å². The smallest absolute Gasteiger partial charge is 0.231 e. The number of carbonyl (C=O) groups excluding carboxylic acids is 1. The molecular weight excluding hydrogens is 356 g/mol. The van der Waals surface area contributed by atoms with E-state index in [-0.39, 0.29) is 30.3 Å². The Morgan fingerprint density at radius 1 is 1.07 bits per heavy atom. The number of aliphatic hydroxyl groups is 1. The molecule has 5 rings (SSSR count). The molecular formula is C19H16O8. The van der Waals surface area contributed by atoms with Crippen LogP contribution in [0.1, 0.15) is 15.9 Å². The van der Waals surface area contributed by atoms with E-state index in [0.717, 1.165) is 0 Å². The Bertz CT molecular complexity index is 969. The van der Waals surface area contributed by atoms with Gasteiger partial charge in [0.15, 0.2) is 34.7 Å². The summed E-state index contributed by atoms with van der Waals surface area (Å²) in [5.41, 5.74) is -1.42. The third-order valence-electron chi connectivity index (χ3n) is 5.09. The van der Waals surface area contributed by atoms with Crippen molar-refractivity contribution in [1.29, 1.82) is 0 Å². The van der Waals surface area contributed by atoms with Gasteiger partial charge in [0.05, 0.1) is 19.8 Å². The first kappa shape index (κ1) is 16.1. The minimum Gasteiger partial charge on any atom is -0.493 e. The standard InChI is InChI=1S/C19H16O8/c1-22-11-4-3-9-16(17(11)23-2)27-15-7-24-12-6-14-13(25-8-26-14)5-10(12)19(15,21)18(9)20/h3-6,15,21H,7-8H2,1-2H3/t15-,19+/m1/s1. The second kappa shape index (κ2) is 5.43. The molecule has 27 heavy (non-hydrogen) atoms. The summed E-state index contributed by atoms with van der Waals surface area (Å²) < 4.78 is 33.1. The largest absolute Gasteiger partial charge is 0.493 e. The highest BCUT2D eigenvalue weighted by Crippen LogP contribution is 2.52. The van der Waals surface area contributed by atoms with Crippen LogP contribution in [0.15, 0.2) is 24.3 Å². The van der Waals surface area contributed by atoms with Crippen molar-refractivity contribution in [2.24, 2.45) is 0 Å². The first-order chi connectivity index (χ1) is 13.1. The molecule has 0 fully saturated rings. The summed E-state index contributed by atoms with van der Waals surface area (Å²) in [5.74, 6) is 1.75. The van der Waals surface area contributed by atoms with Crippen LogP contribution in [0.5, 0.6) is 34.5 Å². The van der Waals surface area contributed by atoms with Gasteiger partial charge in [-0.15, -0.1) is 0 Å². The number of benzene rings is 2. The van der Waals surface area contributed by atoms with E-state index in [9.17, 15) is 9.90 Å². The lowest BCUT2D eigenvalue weighted by Crippen LogP contribution is -2.57. The average Bonchev–Trinajstić information content (AvgIpc) is 3.14. The summed E-state index contributed by atoms with van der Waals surface area (Å²) in [5, 5.41) is 11.5. The van der Waals surface area contributed by atoms with Crippen LogP contribution in [0, 0.1) is 0 Å². The highest BCUT2D eigenvalue weighted by molar-refractivity contribution is 6.08. The van der Waals surface area contributed by atoms with Crippen LogP contribution >= 0.6 is 0 Å². The molecule has 2 aromatic rings. The molecule has 0 saturated carbocycles. The van der Waals surface area contributed by atoms with Gasteiger partial charge in [0, 0.05) is 11.6 Å². The second-order valence-electron chi connectivity index (χ2n) is 6.39. The maximum Gasteiger partial charge on any atom is 0.231 e. The van der Waals surface area contributed by atoms with Crippen LogP contribution in [0.4, 0.5) is 0 Å². The fourth-order valence-corrected chi connectivity index (χ4v) is 3.73. The van der Waals surface area contributed by atoms with Gasteiger partial charge in [0.1, 0.15) is 12.4 Å². The van der Waals surface area contributed by atoms with Gasteiger partial charge in [0.2, 0.25) is 18.3 Å². The van der Waals surface area contributed by atoms with E-state index >= 15 is 0 Å². The highest BCUT2D eigenvalue weighted by Gasteiger charge is 2.56.